The second-order valence-electron chi connectivity index (χ2n) is 12.9. The van der Waals surface area contributed by atoms with E-state index in [2.05, 4.69) is 170 Å². The molecular weight excluding hydrogens is 593 g/mol. The summed E-state index contributed by atoms with van der Waals surface area (Å²) >= 11 is 0. The van der Waals surface area contributed by atoms with Crippen molar-refractivity contribution in [1.82, 2.24) is 0 Å². The van der Waals surface area contributed by atoms with Gasteiger partial charge in [0.25, 0.3) is 0 Å². The highest BCUT2D eigenvalue weighted by molar-refractivity contribution is 6.20. The van der Waals surface area contributed by atoms with Crippen LogP contribution < -0.4 is 0 Å². The molecule has 0 aliphatic heterocycles. The van der Waals surface area contributed by atoms with Gasteiger partial charge in [0.05, 0.1) is 0 Å². The average Bonchev–Trinajstić information content (AvgIpc) is 3.54. The van der Waals surface area contributed by atoms with Crippen molar-refractivity contribution >= 4 is 54.3 Å². The number of para-hydroxylation sites is 1. The van der Waals surface area contributed by atoms with Gasteiger partial charge in [0, 0.05) is 10.8 Å². The molecule has 228 valence electrons. The van der Waals surface area contributed by atoms with E-state index >= 15 is 0 Å². The Morgan fingerprint density at radius 3 is 1.67 bits per heavy atom. The summed E-state index contributed by atoms with van der Waals surface area (Å²) in [4.78, 5) is 0. The summed E-state index contributed by atoms with van der Waals surface area (Å²) in [6.07, 6.45) is 0. The fraction of sp³-hybridized carbons (Fsp3) is 0. The van der Waals surface area contributed by atoms with E-state index in [4.69, 9.17) is 4.42 Å². The highest BCUT2D eigenvalue weighted by Gasteiger charge is 2.18. The topological polar surface area (TPSA) is 13.1 Å². The lowest BCUT2D eigenvalue weighted by Crippen LogP contribution is -1.91. The number of furan rings is 1. The molecule has 0 saturated carbocycles. The molecule has 0 aliphatic carbocycles. The molecule has 49 heavy (non-hydrogen) atoms. The molecule has 1 aromatic heterocycles. The van der Waals surface area contributed by atoms with E-state index in [-0.39, 0.29) is 0 Å². The molecule has 10 aromatic rings. The predicted molar refractivity (Wildman–Crippen MR) is 208 cm³/mol. The van der Waals surface area contributed by atoms with Crippen LogP contribution in [0.25, 0.3) is 98.8 Å². The van der Waals surface area contributed by atoms with Crippen LogP contribution in [-0.4, -0.2) is 0 Å². The summed E-state index contributed by atoms with van der Waals surface area (Å²) in [5.74, 6) is 0. The van der Waals surface area contributed by atoms with E-state index in [1.807, 2.05) is 12.1 Å². The van der Waals surface area contributed by atoms with Gasteiger partial charge in [0.1, 0.15) is 11.2 Å². The number of rotatable bonds is 4. The molecule has 0 aliphatic rings. The molecule has 0 bridgehead atoms. The van der Waals surface area contributed by atoms with Crippen molar-refractivity contribution in [3.05, 3.63) is 182 Å². The molecular formula is C48H30O. The number of fused-ring (bicyclic) bond motifs is 6. The van der Waals surface area contributed by atoms with Gasteiger partial charge in [0.2, 0.25) is 0 Å². The Morgan fingerprint density at radius 1 is 0.265 bits per heavy atom. The van der Waals surface area contributed by atoms with Crippen molar-refractivity contribution < 1.29 is 4.42 Å². The van der Waals surface area contributed by atoms with E-state index in [0.29, 0.717) is 0 Å². The van der Waals surface area contributed by atoms with Crippen LogP contribution in [0.15, 0.2) is 186 Å². The van der Waals surface area contributed by atoms with E-state index in [0.717, 1.165) is 27.5 Å². The smallest absolute Gasteiger partial charge is 0.136 e. The van der Waals surface area contributed by atoms with E-state index < -0.39 is 0 Å². The molecule has 0 unspecified atom stereocenters. The monoisotopic (exact) mass is 622 g/mol. The quantitative estimate of drug-likeness (QED) is 0.178. The molecule has 0 amide bonds. The lowest BCUT2D eigenvalue weighted by Gasteiger charge is -2.18. The summed E-state index contributed by atoms with van der Waals surface area (Å²) in [5, 5.41) is 9.68. The molecule has 1 nitrogen and oxygen atoms in total. The van der Waals surface area contributed by atoms with Gasteiger partial charge < -0.3 is 4.42 Å². The fourth-order valence-electron chi connectivity index (χ4n) is 7.72. The maximum Gasteiger partial charge on any atom is 0.136 e. The lowest BCUT2D eigenvalue weighted by atomic mass is 9.85. The highest BCUT2D eigenvalue weighted by atomic mass is 16.3. The van der Waals surface area contributed by atoms with Crippen LogP contribution in [0.5, 0.6) is 0 Å². The van der Waals surface area contributed by atoms with Crippen molar-refractivity contribution in [2.75, 3.05) is 0 Å². The maximum atomic E-state index is 6.42. The first-order chi connectivity index (χ1) is 24.3. The number of hydrogen-bond donors (Lipinski definition) is 0. The summed E-state index contributed by atoms with van der Waals surface area (Å²) in [6.45, 7) is 0. The Morgan fingerprint density at radius 2 is 0.857 bits per heavy atom. The molecule has 1 heteroatoms. The molecule has 0 radical (unpaired) electrons. The molecule has 1 heterocycles. The average molecular weight is 623 g/mol. The SMILES string of the molecule is c1ccc(-c2cccc(-c3cccc4c(-c5ccc6c(c5)oc5ccccc56)c5cccc(-c6ccc7ccccc7c6)c5cc34)c2)cc1. The van der Waals surface area contributed by atoms with Crippen molar-refractivity contribution in [3.8, 4) is 44.5 Å². The minimum Gasteiger partial charge on any atom is -0.456 e. The molecule has 0 N–H and O–H groups in total. The zero-order valence-electron chi connectivity index (χ0n) is 26.7. The Balaban J connectivity index is 1.28. The third kappa shape index (κ3) is 4.55. The minimum absolute atomic E-state index is 0.904. The van der Waals surface area contributed by atoms with Crippen molar-refractivity contribution in [3.63, 3.8) is 0 Å². The molecule has 0 atom stereocenters. The van der Waals surface area contributed by atoms with Crippen LogP contribution in [-0.2, 0) is 0 Å². The minimum atomic E-state index is 0.904. The molecule has 9 aromatic carbocycles. The summed E-state index contributed by atoms with van der Waals surface area (Å²) in [6, 6.07) is 65.9. The van der Waals surface area contributed by atoms with Gasteiger partial charge in [0.15, 0.2) is 0 Å². The first kappa shape index (κ1) is 27.7. The number of benzene rings is 9. The molecule has 10 rings (SSSR count). The third-order valence-electron chi connectivity index (χ3n) is 10.0. The van der Waals surface area contributed by atoms with Gasteiger partial charge in [-0.3, -0.25) is 0 Å². The second kappa shape index (κ2) is 11.1. The van der Waals surface area contributed by atoms with Crippen LogP contribution in [0, 0.1) is 0 Å². The second-order valence-corrected chi connectivity index (χ2v) is 12.9. The van der Waals surface area contributed by atoms with Crippen LogP contribution in [0.1, 0.15) is 0 Å². The Bertz CT molecular complexity index is 2870. The van der Waals surface area contributed by atoms with Gasteiger partial charge in [-0.05, 0) is 113 Å². The van der Waals surface area contributed by atoms with Gasteiger partial charge in [-0.2, -0.15) is 0 Å². The van der Waals surface area contributed by atoms with E-state index in [9.17, 15) is 0 Å². The van der Waals surface area contributed by atoms with Crippen LogP contribution >= 0.6 is 0 Å². The van der Waals surface area contributed by atoms with Gasteiger partial charge in [-0.1, -0.05) is 146 Å². The summed E-state index contributed by atoms with van der Waals surface area (Å²) in [7, 11) is 0. The maximum absolute atomic E-state index is 6.42. The van der Waals surface area contributed by atoms with Gasteiger partial charge in [-0.15, -0.1) is 0 Å². The largest absolute Gasteiger partial charge is 0.456 e. The van der Waals surface area contributed by atoms with Crippen LogP contribution in [0.4, 0.5) is 0 Å². The van der Waals surface area contributed by atoms with Crippen molar-refractivity contribution in [2.45, 2.75) is 0 Å². The standard InChI is InChI=1S/C48H30O/c1-2-11-31(12-3-1)34-15-8-16-35(27-34)38-18-9-20-42-44(38)30-45-39(36-24-23-32-13-4-5-14-33(32)28-36)19-10-21-43(45)48(42)37-25-26-41-40-17-6-7-22-46(40)49-47(41)29-37/h1-30H. The van der Waals surface area contributed by atoms with Gasteiger partial charge >= 0.3 is 0 Å². The Hall–Kier alpha value is -6.44. The summed E-state index contributed by atoms with van der Waals surface area (Å²) < 4.78 is 6.42. The molecule has 0 fully saturated rings. The van der Waals surface area contributed by atoms with Crippen LogP contribution in [0.3, 0.4) is 0 Å². The summed E-state index contributed by atoms with van der Waals surface area (Å²) in [5.41, 5.74) is 11.5. The van der Waals surface area contributed by atoms with E-state index in [1.54, 1.807) is 0 Å². The molecule has 0 saturated heterocycles. The van der Waals surface area contributed by atoms with Crippen LogP contribution in [0.2, 0.25) is 0 Å². The first-order valence-electron chi connectivity index (χ1n) is 16.8. The third-order valence-corrected chi connectivity index (χ3v) is 10.0. The normalized spacial score (nSPS) is 11.7. The van der Waals surface area contributed by atoms with E-state index in [1.165, 1.54) is 71.3 Å². The van der Waals surface area contributed by atoms with Gasteiger partial charge in [-0.25, -0.2) is 0 Å². The van der Waals surface area contributed by atoms with Crippen molar-refractivity contribution in [1.29, 1.82) is 0 Å². The highest BCUT2D eigenvalue weighted by Crippen LogP contribution is 2.45. The lowest BCUT2D eigenvalue weighted by molar-refractivity contribution is 0.669. The predicted octanol–water partition coefficient (Wildman–Crippen LogP) is 13.7. The zero-order valence-corrected chi connectivity index (χ0v) is 26.7. The van der Waals surface area contributed by atoms with Crippen molar-refractivity contribution in [2.24, 2.45) is 0 Å². The Kier molecular flexibility index (Phi) is 6.25. The zero-order chi connectivity index (χ0) is 32.3. The fourth-order valence-corrected chi connectivity index (χ4v) is 7.72. The first-order valence-corrected chi connectivity index (χ1v) is 16.8. The Labute approximate surface area is 284 Å². The number of hydrogen-bond acceptors (Lipinski definition) is 1. The molecule has 0 spiro atoms.